The largest absolute Gasteiger partial charge is 0.381 e. The molecule has 10 heteroatoms. The number of benzene rings is 1. The minimum absolute atomic E-state index is 0.146. The quantitative estimate of drug-likeness (QED) is 0.386. The molecule has 0 radical (unpaired) electrons. The van der Waals surface area contributed by atoms with Gasteiger partial charge in [-0.2, -0.15) is 5.10 Å². The minimum Gasteiger partial charge on any atom is -0.381 e. The normalized spacial score (nSPS) is 13.5. The van der Waals surface area contributed by atoms with Crippen LogP contribution in [-0.2, 0) is 25.1 Å². The summed E-state index contributed by atoms with van der Waals surface area (Å²) in [6.45, 7) is 1.65. The fourth-order valence-electron chi connectivity index (χ4n) is 3.75. The fraction of sp³-hybridized carbons (Fsp3) is 0.364. The topological polar surface area (TPSA) is 85.8 Å². The van der Waals surface area contributed by atoms with E-state index in [4.69, 9.17) is 0 Å². The van der Waals surface area contributed by atoms with Crippen molar-refractivity contribution in [1.82, 2.24) is 24.3 Å². The Morgan fingerprint density at radius 2 is 2.00 bits per heavy atom. The molecule has 0 spiro atoms. The Balaban J connectivity index is 1.71. The first kappa shape index (κ1) is 22.2. The van der Waals surface area contributed by atoms with Crippen LogP contribution in [0.4, 0.5) is 8.78 Å². The number of aliphatic hydroxyl groups is 1. The molecule has 7 nitrogen and oxygen atoms in total. The van der Waals surface area contributed by atoms with Gasteiger partial charge in [-0.25, -0.2) is 23.4 Å². The maximum absolute atomic E-state index is 14.6. The Bertz CT molecular complexity index is 1270. The maximum Gasteiger partial charge on any atom is 0.262 e. The second-order valence-corrected chi connectivity index (χ2v) is 8.93. The van der Waals surface area contributed by atoms with Gasteiger partial charge < -0.3 is 5.11 Å². The molecule has 1 atom stereocenters. The predicted molar refractivity (Wildman–Crippen MR) is 117 cm³/mol. The van der Waals surface area contributed by atoms with Crippen LogP contribution >= 0.6 is 11.3 Å². The molecule has 168 valence electrons. The molecule has 0 aliphatic rings. The Morgan fingerprint density at radius 3 is 2.72 bits per heavy atom. The van der Waals surface area contributed by atoms with Crippen molar-refractivity contribution >= 4 is 21.6 Å². The van der Waals surface area contributed by atoms with Crippen LogP contribution in [0, 0.1) is 11.6 Å². The van der Waals surface area contributed by atoms with Gasteiger partial charge in [0.1, 0.15) is 34.7 Å². The lowest BCUT2D eigenvalue weighted by molar-refractivity contribution is -0.00640. The van der Waals surface area contributed by atoms with E-state index in [9.17, 15) is 18.7 Å². The highest BCUT2D eigenvalue weighted by Crippen LogP contribution is 2.29. The molecule has 0 fully saturated rings. The standard InChI is InChI=1S/C22H23F2N5O2S/c1-2-3-4-5-16-9-17-20(32-16)26-14-28(21(17)30)10-22(31,11-29-13-25-12-27-29)18-7-6-15(23)8-19(18)24/h6-9,12-14,31H,2-5,10-11H2,1H3. The molecule has 1 aromatic carbocycles. The number of rotatable bonds is 9. The zero-order chi connectivity index (χ0) is 22.7. The maximum atomic E-state index is 14.6. The van der Waals surface area contributed by atoms with Crippen LogP contribution in [0.3, 0.4) is 0 Å². The van der Waals surface area contributed by atoms with Crippen molar-refractivity contribution in [1.29, 1.82) is 0 Å². The van der Waals surface area contributed by atoms with E-state index in [0.717, 1.165) is 36.6 Å². The zero-order valence-electron chi connectivity index (χ0n) is 17.5. The highest BCUT2D eigenvalue weighted by molar-refractivity contribution is 7.18. The van der Waals surface area contributed by atoms with Gasteiger partial charge in [-0.05, 0) is 25.0 Å². The second kappa shape index (κ2) is 9.25. The van der Waals surface area contributed by atoms with Crippen molar-refractivity contribution in [2.24, 2.45) is 0 Å². The van der Waals surface area contributed by atoms with Crippen molar-refractivity contribution in [2.45, 2.75) is 51.3 Å². The highest BCUT2D eigenvalue weighted by Gasteiger charge is 2.34. The molecule has 0 bridgehead atoms. The molecular formula is C22H23F2N5O2S. The van der Waals surface area contributed by atoms with Gasteiger partial charge in [0.15, 0.2) is 0 Å². The Labute approximate surface area is 187 Å². The summed E-state index contributed by atoms with van der Waals surface area (Å²) in [7, 11) is 0. The van der Waals surface area contributed by atoms with Crippen molar-refractivity contribution < 1.29 is 13.9 Å². The average Bonchev–Trinajstić information content (AvgIpc) is 3.40. The Kier molecular flexibility index (Phi) is 6.43. The summed E-state index contributed by atoms with van der Waals surface area (Å²) in [5.74, 6) is -1.67. The first-order valence-electron chi connectivity index (χ1n) is 10.4. The smallest absolute Gasteiger partial charge is 0.262 e. The lowest BCUT2D eigenvalue weighted by atomic mass is 9.92. The molecular weight excluding hydrogens is 436 g/mol. The van der Waals surface area contributed by atoms with Gasteiger partial charge in [-0.3, -0.25) is 9.36 Å². The molecule has 0 saturated carbocycles. The number of hydrogen-bond acceptors (Lipinski definition) is 6. The van der Waals surface area contributed by atoms with E-state index < -0.39 is 17.2 Å². The van der Waals surface area contributed by atoms with E-state index in [1.807, 2.05) is 6.07 Å². The van der Waals surface area contributed by atoms with Gasteiger partial charge in [0.25, 0.3) is 5.56 Å². The van der Waals surface area contributed by atoms with E-state index in [1.165, 1.54) is 45.6 Å². The summed E-state index contributed by atoms with van der Waals surface area (Å²) in [6, 6.07) is 4.79. The summed E-state index contributed by atoms with van der Waals surface area (Å²) < 4.78 is 30.7. The van der Waals surface area contributed by atoms with Gasteiger partial charge in [-0.15, -0.1) is 11.3 Å². The second-order valence-electron chi connectivity index (χ2n) is 7.82. The zero-order valence-corrected chi connectivity index (χ0v) is 18.4. The van der Waals surface area contributed by atoms with Crippen LogP contribution < -0.4 is 5.56 Å². The van der Waals surface area contributed by atoms with E-state index in [-0.39, 0.29) is 24.2 Å². The van der Waals surface area contributed by atoms with Gasteiger partial charge in [0.2, 0.25) is 0 Å². The number of halogens is 2. The van der Waals surface area contributed by atoms with Crippen molar-refractivity contribution in [2.75, 3.05) is 0 Å². The summed E-state index contributed by atoms with van der Waals surface area (Å²) in [5, 5.41) is 15.9. The van der Waals surface area contributed by atoms with Crippen molar-refractivity contribution in [3.63, 3.8) is 0 Å². The third kappa shape index (κ3) is 4.61. The number of nitrogens with zero attached hydrogens (tertiary/aromatic N) is 5. The van der Waals surface area contributed by atoms with Crippen LogP contribution in [0.5, 0.6) is 0 Å². The van der Waals surface area contributed by atoms with Crippen LogP contribution in [0.2, 0.25) is 0 Å². The average molecular weight is 460 g/mol. The summed E-state index contributed by atoms with van der Waals surface area (Å²) in [6.07, 6.45) is 8.16. The molecule has 3 heterocycles. The molecule has 1 unspecified atom stereocenters. The number of thiophene rings is 1. The van der Waals surface area contributed by atoms with Crippen LogP contribution in [0.1, 0.15) is 36.6 Å². The third-order valence-corrected chi connectivity index (χ3v) is 6.45. The Hall–Kier alpha value is -2.98. The van der Waals surface area contributed by atoms with E-state index in [1.54, 1.807) is 0 Å². The van der Waals surface area contributed by atoms with Crippen molar-refractivity contribution in [3.05, 3.63) is 75.7 Å². The highest BCUT2D eigenvalue weighted by atomic mass is 32.1. The molecule has 0 aliphatic heterocycles. The van der Waals surface area contributed by atoms with Crippen LogP contribution in [-0.4, -0.2) is 29.4 Å². The molecule has 3 aromatic heterocycles. The monoisotopic (exact) mass is 459 g/mol. The molecule has 0 aliphatic carbocycles. The number of aryl methyl sites for hydroxylation is 1. The summed E-state index contributed by atoms with van der Waals surface area (Å²) in [4.78, 5) is 23.1. The Morgan fingerprint density at radius 1 is 1.16 bits per heavy atom. The third-order valence-electron chi connectivity index (χ3n) is 5.35. The number of unbranched alkanes of at least 4 members (excludes halogenated alkanes) is 2. The predicted octanol–water partition coefficient (Wildman–Crippen LogP) is 3.65. The van der Waals surface area contributed by atoms with E-state index in [2.05, 4.69) is 22.0 Å². The number of hydrogen-bond donors (Lipinski definition) is 1. The number of fused-ring (bicyclic) bond motifs is 1. The minimum atomic E-state index is -1.90. The first-order chi connectivity index (χ1) is 15.4. The lowest BCUT2D eigenvalue weighted by Crippen LogP contribution is -2.40. The van der Waals surface area contributed by atoms with Gasteiger partial charge in [-0.1, -0.05) is 25.8 Å². The van der Waals surface area contributed by atoms with Gasteiger partial charge in [0.05, 0.1) is 24.8 Å². The molecule has 0 amide bonds. The summed E-state index contributed by atoms with van der Waals surface area (Å²) >= 11 is 1.48. The van der Waals surface area contributed by atoms with Crippen molar-refractivity contribution in [3.8, 4) is 0 Å². The molecule has 1 N–H and O–H groups in total. The SMILES string of the molecule is CCCCCc1cc2c(=O)n(CC(O)(Cn3cncn3)c3ccc(F)cc3F)cnc2s1. The van der Waals surface area contributed by atoms with Gasteiger partial charge in [0, 0.05) is 16.5 Å². The molecule has 4 aromatic rings. The molecule has 4 rings (SSSR count). The number of aromatic nitrogens is 5. The van der Waals surface area contributed by atoms with Gasteiger partial charge >= 0.3 is 0 Å². The van der Waals surface area contributed by atoms with E-state index in [0.29, 0.717) is 16.3 Å². The summed E-state index contributed by atoms with van der Waals surface area (Å²) in [5.41, 5.74) is -2.37. The van der Waals surface area contributed by atoms with Crippen LogP contribution in [0.25, 0.3) is 10.2 Å². The first-order valence-corrected chi connectivity index (χ1v) is 11.2. The molecule has 0 saturated heterocycles. The fourth-order valence-corrected chi connectivity index (χ4v) is 4.77. The molecule has 32 heavy (non-hydrogen) atoms. The van der Waals surface area contributed by atoms with E-state index >= 15 is 0 Å². The lowest BCUT2D eigenvalue weighted by Gasteiger charge is -2.29. The van der Waals surface area contributed by atoms with Crippen LogP contribution in [0.15, 0.2) is 48.0 Å².